The van der Waals surface area contributed by atoms with Crippen molar-refractivity contribution in [3.8, 4) is 11.1 Å². The first kappa shape index (κ1) is 13.7. The van der Waals surface area contributed by atoms with Crippen LogP contribution in [0.4, 0.5) is 5.69 Å². The number of aryl methyl sites for hydroxylation is 1. The molecule has 0 atom stereocenters. The molecule has 0 radical (unpaired) electrons. The van der Waals surface area contributed by atoms with Crippen molar-refractivity contribution in [3.05, 3.63) is 54.1 Å². The van der Waals surface area contributed by atoms with E-state index in [0.29, 0.717) is 0 Å². The first-order valence-electron chi connectivity index (χ1n) is 7.24. The Bertz CT molecular complexity index is 482. The van der Waals surface area contributed by atoms with Crippen molar-refractivity contribution in [1.82, 2.24) is 0 Å². The molecule has 19 heavy (non-hydrogen) atoms. The van der Waals surface area contributed by atoms with Crippen LogP contribution >= 0.6 is 0 Å². The fourth-order valence-electron chi connectivity index (χ4n) is 2.30. The molecule has 1 nitrogen and oxygen atoms in total. The Balaban J connectivity index is 1.96. The third-order valence-corrected chi connectivity index (χ3v) is 3.52. The molecule has 0 unspecified atom stereocenters. The van der Waals surface area contributed by atoms with Gasteiger partial charge in [-0.1, -0.05) is 62.6 Å². The lowest BCUT2D eigenvalue weighted by molar-refractivity contribution is 0.667. The van der Waals surface area contributed by atoms with Gasteiger partial charge in [-0.3, -0.25) is 0 Å². The zero-order valence-electron chi connectivity index (χ0n) is 11.7. The van der Waals surface area contributed by atoms with Crippen molar-refractivity contribution in [2.24, 2.45) is 0 Å². The van der Waals surface area contributed by atoms with Crippen molar-refractivity contribution in [1.29, 1.82) is 0 Å². The minimum absolute atomic E-state index is 0.816. The first-order valence-corrected chi connectivity index (χ1v) is 7.24. The Hall–Kier alpha value is -1.76. The van der Waals surface area contributed by atoms with Crippen LogP contribution in [0.5, 0.6) is 0 Å². The fourth-order valence-corrected chi connectivity index (χ4v) is 2.30. The van der Waals surface area contributed by atoms with Gasteiger partial charge >= 0.3 is 0 Å². The zero-order chi connectivity index (χ0) is 13.5. The SMILES string of the molecule is CCCCCCc1ccc(-c2ccc(N)cc2)cc1. The Morgan fingerprint density at radius 2 is 1.32 bits per heavy atom. The minimum atomic E-state index is 0.816. The van der Waals surface area contributed by atoms with Crippen LogP contribution in [0.2, 0.25) is 0 Å². The number of hydrogen-bond donors (Lipinski definition) is 1. The fraction of sp³-hybridized carbons (Fsp3) is 0.333. The summed E-state index contributed by atoms with van der Waals surface area (Å²) in [6.07, 6.45) is 6.49. The van der Waals surface area contributed by atoms with Gasteiger partial charge in [0.25, 0.3) is 0 Å². The average Bonchev–Trinajstić information content (AvgIpc) is 2.45. The number of unbranched alkanes of at least 4 members (excludes halogenated alkanes) is 3. The number of nitrogens with two attached hydrogens (primary N) is 1. The van der Waals surface area contributed by atoms with Crippen LogP contribution in [-0.2, 0) is 6.42 Å². The molecule has 0 aliphatic carbocycles. The second-order valence-corrected chi connectivity index (χ2v) is 5.13. The van der Waals surface area contributed by atoms with Gasteiger partial charge in [0.2, 0.25) is 0 Å². The Morgan fingerprint density at radius 3 is 1.89 bits per heavy atom. The molecule has 0 aliphatic heterocycles. The highest BCUT2D eigenvalue weighted by Gasteiger charge is 1.98. The third kappa shape index (κ3) is 4.13. The minimum Gasteiger partial charge on any atom is -0.399 e. The highest BCUT2D eigenvalue weighted by Crippen LogP contribution is 2.21. The van der Waals surface area contributed by atoms with Gasteiger partial charge in [-0.25, -0.2) is 0 Å². The zero-order valence-corrected chi connectivity index (χ0v) is 11.7. The van der Waals surface area contributed by atoms with Crippen LogP contribution in [-0.4, -0.2) is 0 Å². The predicted molar refractivity (Wildman–Crippen MR) is 84.1 cm³/mol. The topological polar surface area (TPSA) is 26.0 Å². The molecule has 0 aromatic heterocycles. The van der Waals surface area contributed by atoms with Crippen LogP contribution in [0.25, 0.3) is 11.1 Å². The van der Waals surface area contributed by atoms with Crippen molar-refractivity contribution in [2.45, 2.75) is 39.0 Å². The molecule has 1 heteroatoms. The molecule has 2 aromatic rings. The molecule has 0 saturated heterocycles. The van der Waals surface area contributed by atoms with Crippen LogP contribution in [0.15, 0.2) is 48.5 Å². The standard InChI is InChI=1S/C18H23N/c1-2-3-4-5-6-15-7-9-16(10-8-15)17-11-13-18(19)14-12-17/h7-14H,2-6,19H2,1H3. The monoisotopic (exact) mass is 253 g/mol. The van der Waals surface area contributed by atoms with E-state index in [1.54, 1.807) is 0 Å². The highest BCUT2D eigenvalue weighted by atomic mass is 14.5. The summed E-state index contributed by atoms with van der Waals surface area (Å²) in [6, 6.07) is 17.0. The van der Waals surface area contributed by atoms with E-state index in [-0.39, 0.29) is 0 Å². The van der Waals surface area contributed by atoms with Crippen LogP contribution in [0.3, 0.4) is 0 Å². The molecular formula is C18H23N. The van der Waals surface area contributed by atoms with Crippen LogP contribution in [0.1, 0.15) is 38.2 Å². The molecule has 0 heterocycles. The van der Waals surface area contributed by atoms with Gasteiger partial charge < -0.3 is 5.73 Å². The largest absolute Gasteiger partial charge is 0.399 e. The van der Waals surface area contributed by atoms with Gasteiger partial charge in [-0.2, -0.15) is 0 Å². The van der Waals surface area contributed by atoms with Gasteiger partial charge in [-0.05, 0) is 41.7 Å². The van der Waals surface area contributed by atoms with E-state index < -0.39 is 0 Å². The maximum Gasteiger partial charge on any atom is 0.0314 e. The molecule has 0 spiro atoms. The summed E-state index contributed by atoms with van der Waals surface area (Å²) in [5.74, 6) is 0. The Kier molecular flexibility index (Phi) is 5.02. The predicted octanol–water partition coefficient (Wildman–Crippen LogP) is 5.06. The molecule has 0 bridgehead atoms. The summed E-state index contributed by atoms with van der Waals surface area (Å²) in [5.41, 5.74) is 10.5. The normalized spacial score (nSPS) is 10.6. The van der Waals surface area contributed by atoms with Gasteiger partial charge in [0.05, 0.1) is 0 Å². The molecule has 0 amide bonds. The molecule has 0 aliphatic rings. The lowest BCUT2D eigenvalue weighted by Gasteiger charge is -2.05. The van der Waals surface area contributed by atoms with E-state index in [0.717, 1.165) is 5.69 Å². The number of rotatable bonds is 6. The van der Waals surface area contributed by atoms with Crippen molar-refractivity contribution in [3.63, 3.8) is 0 Å². The van der Waals surface area contributed by atoms with E-state index in [1.165, 1.54) is 48.8 Å². The van der Waals surface area contributed by atoms with Crippen molar-refractivity contribution < 1.29 is 0 Å². The third-order valence-electron chi connectivity index (χ3n) is 3.52. The van der Waals surface area contributed by atoms with E-state index in [2.05, 4.69) is 43.3 Å². The van der Waals surface area contributed by atoms with Gasteiger partial charge in [-0.15, -0.1) is 0 Å². The lowest BCUT2D eigenvalue weighted by Crippen LogP contribution is -1.87. The van der Waals surface area contributed by atoms with E-state index >= 15 is 0 Å². The molecule has 2 N–H and O–H groups in total. The molecule has 0 fully saturated rings. The highest BCUT2D eigenvalue weighted by molar-refractivity contribution is 5.65. The van der Waals surface area contributed by atoms with Crippen LogP contribution < -0.4 is 5.73 Å². The smallest absolute Gasteiger partial charge is 0.0314 e. The van der Waals surface area contributed by atoms with Gasteiger partial charge in [0.1, 0.15) is 0 Å². The van der Waals surface area contributed by atoms with E-state index in [4.69, 9.17) is 5.73 Å². The second kappa shape index (κ2) is 6.98. The number of nitrogen functional groups attached to an aromatic ring is 1. The Morgan fingerprint density at radius 1 is 0.737 bits per heavy atom. The summed E-state index contributed by atoms with van der Waals surface area (Å²) in [4.78, 5) is 0. The lowest BCUT2D eigenvalue weighted by atomic mass is 10.0. The van der Waals surface area contributed by atoms with Crippen molar-refractivity contribution in [2.75, 3.05) is 5.73 Å². The molecule has 2 rings (SSSR count). The van der Waals surface area contributed by atoms with Gasteiger partial charge in [0.15, 0.2) is 0 Å². The molecule has 2 aromatic carbocycles. The average molecular weight is 253 g/mol. The Labute approximate surface area is 116 Å². The first-order chi connectivity index (χ1) is 9.29. The summed E-state index contributed by atoms with van der Waals surface area (Å²) < 4.78 is 0. The second-order valence-electron chi connectivity index (χ2n) is 5.13. The van der Waals surface area contributed by atoms with E-state index in [1.807, 2.05) is 12.1 Å². The summed E-state index contributed by atoms with van der Waals surface area (Å²) in [7, 11) is 0. The molecular weight excluding hydrogens is 230 g/mol. The summed E-state index contributed by atoms with van der Waals surface area (Å²) in [5, 5.41) is 0. The molecule has 0 saturated carbocycles. The van der Waals surface area contributed by atoms with Crippen molar-refractivity contribution >= 4 is 5.69 Å². The maximum atomic E-state index is 5.71. The molecule has 100 valence electrons. The maximum absolute atomic E-state index is 5.71. The summed E-state index contributed by atoms with van der Waals surface area (Å²) in [6.45, 7) is 2.25. The number of hydrogen-bond acceptors (Lipinski definition) is 1. The summed E-state index contributed by atoms with van der Waals surface area (Å²) >= 11 is 0. The van der Waals surface area contributed by atoms with E-state index in [9.17, 15) is 0 Å². The van der Waals surface area contributed by atoms with Crippen LogP contribution in [0, 0.1) is 0 Å². The van der Waals surface area contributed by atoms with Gasteiger partial charge in [0, 0.05) is 5.69 Å². The number of benzene rings is 2. The number of anilines is 1. The quantitative estimate of drug-likeness (QED) is 0.565.